The first-order chi connectivity index (χ1) is 8.36. The van der Waals surface area contributed by atoms with Crippen LogP contribution in [0.25, 0.3) is 0 Å². The molecule has 1 unspecified atom stereocenters. The van der Waals surface area contributed by atoms with Crippen molar-refractivity contribution in [1.29, 1.82) is 0 Å². The number of alkyl halides is 1. The van der Waals surface area contributed by atoms with Gasteiger partial charge in [0.15, 0.2) is 0 Å². The second-order valence-corrected chi connectivity index (χ2v) is 6.04. The van der Waals surface area contributed by atoms with Crippen molar-refractivity contribution in [2.24, 2.45) is 5.92 Å². The van der Waals surface area contributed by atoms with Crippen LogP contribution in [0.15, 0.2) is 30.3 Å². The Morgan fingerprint density at radius 3 is 2.59 bits per heavy atom. The molecule has 0 heterocycles. The van der Waals surface area contributed by atoms with Gasteiger partial charge in [0, 0.05) is 4.83 Å². The topological polar surface area (TPSA) is 9.23 Å². The van der Waals surface area contributed by atoms with E-state index in [-0.39, 0.29) is 0 Å². The van der Waals surface area contributed by atoms with E-state index in [1.54, 1.807) is 0 Å². The molecule has 2 heteroatoms. The number of benzene rings is 1. The molecule has 0 N–H and O–H groups in total. The molecule has 1 fully saturated rings. The average molecular weight is 297 g/mol. The van der Waals surface area contributed by atoms with Gasteiger partial charge in [-0.3, -0.25) is 0 Å². The Kier molecular flexibility index (Phi) is 5.37. The van der Waals surface area contributed by atoms with E-state index in [0.29, 0.717) is 0 Å². The highest BCUT2D eigenvalue weighted by molar-refractivity contribution is 9.09. The quantitative estimate of drug-likeness (QED) is 0.495. The fourth-order valence-electron chi connectivity index (χ4n) is 2.02. The van der Waals surface area contributed by atoms with Crippen LogP contribution in [0, 0.1) is 5.92 Å². The summed E-state index contributed by atoms with van der Waals surface area (Å²) in [6.07, 6.45) is 7.97. The lowest BCUT2D eigenvalue weighted by Crippen LogP contribution is -2.01. The van der Waals surface area contributed by atoms with Gasteiger partial charge in [0.2, 0.25) is 0 Å². The molecule has 0 spiro atoms. The number of para-hydroxylation sites is 1. The molecular weight excluding hydrogens is 276 g/mol. The number of hydrogen-bond donors (Lipinski definition) is 0. The summed E-state index contributed by atoms with van der Waals surface area (Å²) in [4.78, 5) is 0.776. The minimum Gasteiger partial charge on any atom is -0.494 e. The highest BCUT2D eigenvalue weighted by atomic mass is 79.9. The number of hydrogen-bond acceptors (Lipinski definition) is 1. The van der Waals surface area contributed by atoms with Crippen LogP contribution in [0.2, 0.25) is 0 Å². The molecule has 1 aliphatic carbocycles. The minimum atomic E-state index is 0.776. The lowest BCUT2D eigenvalue weighted by atomic mass is 10.1. The van der Waals surface area contributed by atoms with E-state index in [1.165, 1.54) is 38.5 Å². The second-order valence-electron chi connectivity index (χ2n) is 4.86. The average Bonchev–Trinajstić information content (AvgIpc) is 3.19. The van der Waals surface area contributed by atoms with Crippen LogP contribution in [0.3, 0.4) is 0 Å². The van der Waals surface area contributed by atoms with Crippen molar-refractivity contribution in [3.63, 3.8) is 0 Å². The number of halogens is 1. The fraction of sp³-hybridized carbons (Fsp3) is 0.600. The smallest absolute Gasteiger partial charge is 0.119 e. The summed E-state index contributed by atoms with van der Waals surface area (Å²) in [5.41, 5.74) is 0. The summed E-state index contributed by atoms with van der Waals surface area (Å²) in [5.74, 6) is 1.97. The Balaban J connectivity index is 1.46. The van der Waals surface area contributed by atoms with Gasteiger partial charge in [-0.25, -0.2) is 0 Å². The third-order valence-electron chi connectivity index (χ3n) is 3.27. The van der Waals surface area contributed by atoms with Gasteiger partial charge >= 0.3 is 0 Å². The molecule has 2 rings (SSSR count). The highest BCUT2D eigenvalue weighted by Crippen LogP contribution is 2.38. The summed E-state index contributed by atoms with van der Waals surface area (Å²) in [6, 6.07) is 10.1. The molecule has 17 heavy (non-hydrogen) atoms. The van der Waals surface area contributed by atoms with Crippen molar-refractivity contribution in [1.82, 2.24) is 0 Å². The first-order valence-electron chi connectivity index (χ1n) is 6.68. The number of rotatable bonds is 8. The van der Waals surface area contributed by atoms with E-state index in [2.05, 4.69) is 15.9 Å². The van der Waals surface area contributed by atoms with Crippen LogP contribution < -0.4 is 4.74 Å². The minimum absolute atomic E-state index is 0.776. The molecule has 0 bridgehead atoms. The molecule has 0 amide bonds. The van der Waals surface area contributed by atoms with Crippen LogP contribution in [0.5, 0.6) is 5.75 Å². The van der Waals surface area contributed by atoms with E-state index in [0.717, 1.165) is 23.1 Å². The Labute approximate surface area is 113 Å². The number of unbranched alkanes of at least 4 members (excludes halogenated alkanes) is 2. The molecule has 94 valence electrons. The normalized spacial score (nSPS) is 16.8. The molecule has 1 aliphatic rings. The fourth-order valence-corrected chi connectivity index (χ4v) is 2.87. The van der Waals surface area contributed by atoms with Gasteiger partial charge < -0.3 is 4.74 Å². The van der Waals surface area contributed by atoms with E-state index in [1.807, 2.05) is 30.3 Å². The van der Waals surface area contributed by atoms with Crippen molar-refractivity contribution >= 4 is 15.9 Å². The van der Waals surface area contributed by atoms with Crippen molar-refractivity contribution < 1.29 is 4.74 Å². The zero-order valence-electron chi connectivity index (χ0n) is 10.3. The first kappa shape index (κ1) is 12.9. The van der Waals surface area contributed by atoms with Gasteiger partial charge in [-0.1, -0.05) is 47.0 Å². The molecule has 0 saturated heterocycles. The summed E-state index contributed by atoms with van der Waals surface area (Å²) in [6.45, 7) is 0.848. The Bertz CT molecular complexity index is 308. The monoisotopic (exact) mass is 296 g/mol. The summed E-state index contributed by atoms with van der Waals surface area (Å²) in [5, 5.41) is 0. The van der Waals surface area contributed by atoms with Crippen molar-refractivity contribution in [2.75, 3.05) is 6.61 Å². The standard InChI is InChI=1S/C15H21BrO/c16-15(13-10-11-13)9-5-2-6-12-17-14-7-3-1-4-8-14/h1,3-4,7-8,13,15H,2,5-6,9-12H2. The maximum Gasteiger partial charge on any atom is 0.119 e. The maximum atomic E-state index is 5.66. The van der Waals surface area contributed by atoms with Crippen LogP contribution in [-0.2, 0) is 0 Å². The first-order valence-corrected chi connectivity index (χ1v) is 7.60. The SMILES string of the molecule is BrC(CCCCCOc1ccccc1)C1CC1. The molecule has 0 aliphatic heterocycles. The second kappa shape index (κ2) is 7.05. The van der Waals surface area contributed by atoms with Gasteiger partial charge in [-0.05, 0) is 43.7 Å². The molecule has 1 saturated carbocycles. The third-order valence-corrected chi connectivity index (χ3v) is 4.48. The van der Waals surface area contributed by atoms with Gasteiger partial charge in [0.1, 0.15) is 5.75 Å². The zero-order valence-corrected chi connectivity index (χ0v) is 11.9. The largest absolute Gasteiger partial charge is 0.494 e. The summed E-state index contributed by atoms with van der Waals surface area (Å²) < 4.78 is 5.66. The Morgan fingerprint density at radius 1 is 1.12 bits per heavy atom. The Morgan fingerprint density at radius 2 is 1.88 bits per heavy atom. The lowest BCUT2D eigenvalue weighted by Gasteiger charge is -2.08. The van der Waals surface area contributed by atoms with E-state index in [9.17, 15) is 0 Å². The van der Waals surface area contributed by atoms with E-state index < -0.39 is 0 Å². The molecule has 0 aromatic heterocycles. The van der Waals surface area contributed by atoms with Crippen molar-refractivity contribution in [3.05, 3.63) is 30.3 Å². The van der Waals surface area contributed by atoms with Crippen LogP contribution in [0.1, 0.15) is 38.5 Å². The maximum absolute atomic E-state index is 5.66. The van der Waals surface area contributed by atoms with Gasteiger partial charge in [-0.2, -0.15) is 0 Å². The lowest BCUT2D eigenvalue weighted by molar-refractivity contribution is 0.304. The summed E-state index contributed by atoms with van der Waals surface area (Å²) >= 11 is 3.78. The van der Waals surface area contributed by atoms with Crippen LogP contribution >= 0.6 is 15.9 Å². The molecule has 0 radical (unpaired) electrons. The number of ether oxygens (including phenoxy) is 1. The predicted octanol–water partition coefficient (Wildman–Crippen LogP) is 4.80. The van der Waals surface area contributed by atoms with Crippen LogP contribution in [0.4, 0.5) is 0 Å². The summed E-state index contributed by atoms with van der Waals surface area (Å²) in [7, 11) is 0. The van der Waals surface area contributed by atoms with E-state index >= 15 is 0 Å². The van der Waals surface area contributed by atoms with Gasteiger partial charge in [0.05, 0.1) is 6.61 Å². The zero-order chi connectivity index (χ0) is 11.9. The Hall–Kier alpha value is -0.500. The van der Waals surface area contributed by atoms with Crippen molar-refractivity contribution in [2.45, 2.75) is 43.4 Å². The van der Waals surface area contributed by atoms with Crippen LogP contribution in [-0.4, -0.2) is 11.4 Å². The molecule has 1 atom stereocenters. The van der Waals surface area contributed by atoms with Gasteiger partial charge in [-0.15, -0.1) is 0 Å². The van der Waals surface area contributed by atoms with Crippen molar-refractivity contribution in [3.8, 4) is 5.75 Å². The molecule has 1 aromatic rings. The molecule has 1 aromatic carbocycles. The predicted molar refractivity (Wildman–Crippen MR) is 75.8 cm³/mol. The highest BCUT2D eigenvalue weighted by Gasteiger charge is 2.28. The van der Waals surface area contributed by atoms with E-state index in [4.69, 9.17) is 4.74 Å². The van der Waals surface area contributed by atoms with Gasteiger partial charge in [0.25, 0.3) is 0 Å². The molecule has 1 nitrogen and oxygen atoms in total. The third kappa shape index (κ3) is 5.12. The molecular formula is C15H21BrO.